The molecule has 0 fully saturated rings. The minimum atomic E-state index is -0.583. The molecule has 0 aliphatic heterocycles. The lowest BCUT2D eigenvalue weighted by Crippen LogP contribution is -1.81. The Kier molecular flexibility index (Phi) is 5.78. The van der Waals surface area contributed by atoms with Gasteiger partial charge in [0.1, 0.15) is 11.2 Å². The summed E-state index contributed by atoms with van der Waals surface area (Å²) in [5.74, 6) is -0.218. The Bertz CT molecular complexity index is 276. The second-order valence-corrected chi connectivity index (χ2v) is 1.87. The fourth-order valence-corrected chi connectivity index (χ4v) is 0.452. The number of rotatable bonds is 2. The van der Waals surface area contributed by atoms with Crippen LogP contribution in [0.5, 0.6) is 0 Å². The topological polar surface area (TPSA) is 73.3 Å². The molecule has 0 amide bonds. The van der Waals surface area contributed by atoms with Gasteiger partial charge in [0, 0.05) is 0 Å². The second-order valence-electron chi connectivity index (χ2n) is 1.87. The predicted molar refractivity (Wildman–Crippen MR) is 46.2 cm³/mol. The summed E-state index contributed by atoms with van der Waals surface area (Å²) in [5.41, 5.74) is 0. The summed E-state index contributed by atoms with van der Waals surface area (Å²) in [4.78, 5) is 18.5. The van der Waals surface area contributed by atoms with Crippen LogP contribution in [0.15, 0.2) is 35.0 Å². The molecule has 0 radical (unpaired) electrons. The largest absolute Gasteiger partial charge is 0.432 e. The lowest BCUT2D eigenvalue weighted by Gasteiger charge is -1.76. The fraction of sp³-hybridized carbons (Fsp3) is 0.125. The van der Waals surface area contributed by atoms with Crippen LogP contribution in [0.1, 0.15) is 6.92 Å². The molecule has 1 heterocycles. The molecule has 1 aromatic rings. The number of hydrogen-bond acceptors (Lipinski definition) is 4. The summed E-state index contributed by atoms with van der Waals surface area (Å²) in [6, 6.07) is 2.76. The molecular weight excluding hydrogens is 174 g/mol. The first-order chi connectivity index (χ1) is 6.22. The summed E-state index contributed by atoms with van der Waals surface area (Å²) in [5, 5.41) is 9.77. The van der Waals surface area contributed by atoms with Crippen LogP contribution in [0.4, 0.5) is 5.88 Å². The van der Waals surface area contributed by atoms with Gasteiger partial charge in [0.05, 0.1) is 12.3 Å². The molecule has 0 aliphatic rings. The van der Waals surface area contributed by atoms with Gasteiger partial charge in [-0.05, 0) is 19.1 Å². The first kappa shape index (κ1) is 11.1. The average molecular weight is 183 g/mol. The number of aldehydes is 1. The van der Waals surface area contributed by atoms with Crippen LogP contribution in [0.3, 0.4) is 0 Å². The standard InChI is InChI=1S/C4H3NO3.C4H6O/c6-5(7)4-2-1-3-8-4;1-2-3-4-5/h1-3H;2-4H,1H3. The molecule has 0 unspecified atom stereocenters. The van der Waals surface area contributed by atoms with Crippen LogP contribution in [-0.4, -0.2) is 11.2 Å². The molecule has 5 nitrogen and oxygen atoms in total. The van der Waals surface area contributed by atoms with E-state index >= 15 is 0 Å². The second kappa shape index (κ2) is 6.78. The van der Waals surface area contributed by atoms with E-state index in [1.165, 1.54) is 24.5 Å². The highest BCUT2D eigenvalue weighted by Crippen LogP contribution is 2.08. The summed E-state index contributed by atoms with van der Waals surface area (Å²) in [7, 11) is 0. The van der Waals surface area contributed by atoms with E-state index in [4.69, 9.17) is 0 Å². The zero-order chi connectivity index (χ0) is 10.1. The molecule has 0 saturated heterocycles. The minimum absolute atomic E-state index is 0.218. The monoisotopic (exact) mass is 183 g/mol. The van der Waals surface area contributed by atoms with E-state index in [9.17, 15) is 14.9 Å². The van der Waals surface area contributed by atoms with Gasteiger partial charge in [-0.3, -0.25) is 14.9 Å². The summed E-state index contributed by atoms with van der Waals surface area (Å²) >= 11 is 0. The van der Waals surface area contributed by atoms with Crippen molar-refractivity contribution in [2.24, 2.45) is 0 Å². The van der Waals surface area contributed by atoms with E-state index in [0.717, 1.165) is 6.29 Å². The summed E-state index contributed by atoms with van der Waals surface area (Å²) < 4.78 is 4.40. The van der Waals surface area contributed by atoms with Crippen molar-refractivity contribution in [2.75, 3.05) is 0 Å². The maximum absolute atomic E-state index is 9.77. The van der Waals surface area contributed by atoms with Crippen molar-refractivity contribution >= 4 is 12.2 Å². The Morgan fingerprint density at radius 3 is 2.46 bits per heavy atom. The maximum Gasteiger partial charge on any atom is 0.432 e. The van der Waals surface area contributed by atoms with Gasteiger partial charge in [0.2, 0.25) is 0 Å². The van der Waals surface area contributed by atoms with Gasteiger partial charge in [-0.2, -0.15) is 0 Å². The fourth-order valence-electron chi connectivity index (χ4n) is 0.452. The van der Waals surface area contributed by atoms with E-state index in [1.54, 1.807) is 13.0 Å². The van der Waals surface area contributed by atoms with Crippen LogP contribution in [-0.2, 0) is 4.79 Å². The number of hydrogen-bond donors (Lipinski definition) is 0. The zero-order valence-electron chi connectivity index (χ0n) is 7.04. The third-order valence-corrected chi connectivity index (χ3v) is 0.957. The first-order valence-corrected chi connectivity index (χ1v) is 3.46. The van der Waals surface area contributed by atoms with Gasteiger partial charge < -0.3 is 4.42 Å². The zero-order valence-corrected chi connectivity index (χ0v) is 7.04. The van der Waals surface area contributed by atoms with Crippen molar-refractivity contribution in [2.45, 2.75) is 6.92 Å². The van der Waals surface area contributed by atoms with Gasteiger partial charge in [-0.1, -0.05) is 6.08 Å². The molecule has 0 aliphatic carbocycles. The normalized spacial score (nSPS) is 9.00. The molecule has 0 spiro atoms. The van der Waals surface area contributed by atoms with Crippen LogP contribution in [0.2, 0.25) is 0 Å². The van der Waals surface area contributed by atoms with E-state index in [2.05, 4.69) is 4.42 Å². The lowest BCUT2D eigenvalue weighted by molar-refractivity contribution is -0.402. The third-order valence-electron chi connectivity index (χ3n) is 0.957. The maximum atomic E-state index is 9.77. The first-order valence-electron chi connectivity index (χ1n) is 3.46. The predicted octanol–water partition coefficient (Wildman–Crippen LogP) is 1.95. The number of nitro groups is 1. The van der Waals surface area contributed by atoms with Crippen LogP contribution in [0, 0.1) is 10.1 Å². The molecule has 70 valence electrons. The Balaban J connectivity index is 0.000000252. The molecule has 0 bridgehead atoms. The smallest absolute Gasteiger partial charge is 0.409 e. The highest BCUT2D eigenvalue weighted by Gasteiger charge is 2.04. The number of nitrogens with zero attached hydrogens (tertiary/aromatic N) is 1. The number of carbonyl (C=O) groups is 1. The average Bonchev–Trinajstić information content (AvgIpc) is 2.58. The van der Waals surface area contributed by atoms with Gasteiger partial charge in [-0.25, -0.2) is 0 Å². The molecule has 1 aromatic heterocycles. The number of furan rings is 1. The SMILES string of the molecule is CC=CC=O.O=[N+]([O-])c1ccco1. The van der Waals surface area contributed by atoms with Gasteiger partial charge in [0.25, 0.3) is 0 Å². The van der Waals surface area contributed by atoms with Crippen LogP contribution in [0.25, 0.3) is 0 Å². The Hall–Kier alpha value is -1.91. The molecule has 0 N–H and O–H groups in total. The third kappa shape index (κ3) is 5.37. The van der Waals surface area contributed by atoms with Crippen molar-refractivity contribution < 1.29 is 14.1 Å². The molecule has 13 heavy (non-hydrogen) atoms. The van der Waals surface area contributed by atoms with Gasteiger partial charge in [-0.15, -0.1) is 0 Å². The van der Waals surface area contributed by atoms with E-state index in [-0.39, 0.29) is 5.88 Å². The molecular formula is C8H9NO4. The molecule has 0 atom stereocenters. The van der Waals surface area contributed by atoms with Gasteiger partial charge >= 0.3 is 5.88 Å². The summed E-state index contributed by atoms with van der Waals surface area (Å²) in [6.45, 7) is 1.80. The van der Waals surface area contributed by atoms with Crippen molar-refractivity contribution in [3.63, 3.8) is 0 Å². The van der Waals surface area contributed by atoms with Crippen LogP contribution >= 0.6 is 0 Å². The van der Waals surface area contributed by atoms with Crippen molar-refractivity contribution in [3.8, 4) is 0 Å². The highest BCUT2D eigenvalue weighted by atomic mass is 16.6. The van der Waals surface area contributed by atoms with E-state index in [0.29, 0.717) is 0 Å². The van der Waals surface area contributed by atoms with Gasteiger partial charge in [0.15, 0.2) is 0 Å². The Morgan fingerprint density at radius 1 is 1.62 bits per heavy atom. The lowest BCUT2D eigenvalue weighted by atomic mass is 10.6. The van der Waals surface area contributed by atoms with Crippen molar-refractivity contribution in [3.05, 3.63) is 40.7 Å². The quantitative estimate of drug-likeness (QED) is 0.304. The van der Waals surface area contributed by atoms with Crippen LogP contribution < -0.4 is 0 Å². The molecule has 0 saturated carbocycles. The van der Waals surface area contributed by atoms with Crippen molar-refractivity contribution in [1.82, 2.24) is 0 Å². The number of allylic oxidation sites excluding steroid dienone is 2. The Labute approximate surface area is 74.8 Å². The number of carbonyl (C=O) groups excluding carboxylic acids is 1. The summed E-state index contributed by atoms with van der Waals surface area (Å²) in [6.07, 6.45) is 5.14. The molecule has 1 rings (SSSR count). The molecule has 5 heteroatoms. The van der Waals surface area contributed by atoms with E-state index in [1.807, 2.05) is 0 Å². The van der Waals surface area contributed by atoms with Crippen molar-refractivity contribution in [1.29, 1.82) is 0 Å². The highest BCUT2D eigenvalue weighted by molar-refractivity contribution is 5.64. The molecule has 0 aromatic carbocycles. The Morgan fingerprint density at radius 2 is 2.31 bits per heavy atom. The van der Waals surface area contributed by atoms with E-state index < -0.39 is 4.92 Å². The minimum Gasteiger partial charge on any atom is -0.409 e.